The van der Waals surface area contributed by atoms with E-state index in [0.717, 1.165) is 12.1 Å². The Morgan fingerprint density at radius 3 is 2.43 bits per heavy atom. The zero-order chi connectivity index (χ0) is 15.6. The molecule has 0 spiro atoms. The molecule has 0 heterocycles. The third kappa shape index (κ3) is 3.36. The summed E-state index contributed by atoms with van der Waals surface area (Å²) in [5.41, 5.74) is 10.5. The highest BCUT2D eigenvalue weighted by atomic mass is 19.4. The fourth-order valence-electron chi connectivity index (χ4n) is 1.80. The Kier molecular flexibility index (Phi) is 3.93. The first-order valence-corrected chi connectivity index (χ1v) is 6.02. The van der Waals surface area contributed by atoms with Crippen molar-refractivity contribution in [2.75, 3.05) is 16.8 Å². The van der Waals surface area contributed by atoms with Gasteiger partial charge in [-0.3, -0.25) is 0 Å². The summed E-state index contributed by atoms with van der Waals surface area (Å²) in [6.45, 7) is 0.0319. The van der Waals surface area contributed by atoms with E-state index < -0.39 is 17.6 Å². The smallest absolute Gasteiger partial charge is 0.397 e. The van der Waals surface area contributed by atoms with Crippen molar-refractivity contribution in [2.24, 2.45) is 0 Å². The SMILES string of the molecule is Nc1ccc(NCc2cccc(C(F)(F)F)c2)c(F)c1N. The molecule has 0 bridgehead atoms. The molecule has 0 fully saturated rings. The minimum Gasteiger partial charge on any atom is -0.397 e. The van der Waals surface area contributed by atoms with E-state index in [1.54, 1.807) is 0 Å². The first-order valence-electron chi connectivity index (χ1n) is 6.02. The maximum atomic E-state index is 13.8. The lowest BCUT2D eigenvalue weighted by molar-refractivity contribution is -0.137. The maximum Gasteiger partial charge on any atom is 0.416 e. The molecule has 0 saturated heterocycles. The zero-order valence-corrected chi connectivity index (χ0v) is 10.8. The Hall–Kier alpha value is -2.44. The van der Waals surface area contributed by atoms with Crippen LogP contribution < -0.4 is 16.8 Å². The number of nitrogens with one attached hydrogen (secondary N) is 1. The molecule has 2 aromatic carbocycles. The lowest BCUT2D eigenvalue weighted by Gasteiger charge is -2.12. The van der Waals surface area contributed by atoms with Gasteiger partial charge in [0.2, 0.25) is 0 Å². The highest BCUT2D eigenvalue weighted by Crippen LogP contribution is 2.30. The summed E-state index contributed by atoms with van der Waals surface area (Å²) in [7, 11) is 0. The number of benzene rings is 2. The standard InChI is InChI=1S/C14H13F4N3/c15-12-11(5-4-10(19)13(12)20)21-7-8-2-1-3-9(6-8)14(16,17)18/h1-6,21H,7,19-20H2. The van der Waals surface area contributed by atoms with Gasteiger partial charge in [-0.25, -0.2) is 4.39 Å². The van der Waals surface area contributed by atoms with Gasteiger partial charge in [-0.1, -0.05) is 12.1 Å². The average molecular weight is 299 g/mol. The highest BCUT2D eigenvalue weighted by Gasteiger charge is 2.30. The number of hydrogen-bond donors (Lipinski definition) is 3. The van der Waals surface area contributed by atoms with Crippen LogP contribution >= 0.6 is 0 Å². The summed E-state index contributed by atoms with van der Waals surface area (Å²) < 4.78 is 51.5. The minimum atomic E-state index is -4.41. The molecule has 5 N–H and O–H groups in total. The summed E-state index contributed by atoms with van der Waals surface area (Å²) in [4.78, 5) is 0. The Morgan fingerprint density at radius 2 is 1.76 bits per heavy atom. The molecule has 0 saturated carbocycles. The Morgan fingerprint density at radius 1 is 1.05 bits per heavy atom. The topological polar surface area (TPSA) is 64.1 Å². The van der Waals surface area contributed by atoms with E-state index in [-0.39, 0.29) is 23.6 Å². The van der Waals surface area contributed by atoms with Crippen LogP contribution in [0.2, 0.25) is 0 Å². The zero-order valence-electron chi connectivity index (χ0n) is 10.8. The van der Waals surface area contributed by atoms with E-state index in [1.165, 1.54) is 24.3 Å². The van der Waals surface area contributed by atoms with Crippen molar-refractivity contribution in [3.63, 3.8) is 0 Å². The van der Waals surface area contributed by atoms with Gasteiger partial charge in [0.15, 0.2) is 5.82 Å². The molecule has 0 aromatic heterocycles. The van der Waals surface area contributed by atoms with Gasteiger partial charge in [-0.05, 0) is 29.8 Å². The largest absolute Gasteiger partial charge is 0.416 e. The van der Waals surface area contributed by atoms with Crippen LogP contribution in [0.25, 0.3) is 0 Å². The van der Waals surface area contributed by atoms with Crippen molar-refractivity contribution in [1.29, 1.82) is 0 Å². The van der Waals surface area contributed by atoms with E-state index in [2.05, 4.69) is 5.32 Å². The van der Waals surface area contributed by atoms with E-state index in [4.69, 9.17) is 11.5 Å². The molecular weight excluding hydrogens is 286 g/mol. The van der Waals surface area contributed by atoms with Gasteiger partial charge in [-0.2, -0.15) is 13.2 Å². The molecule has 0 aliphatic heterocycles. The Bertz CT molecular complexity index is 653. The van der Waals surface area contributed by atoms with E-state index >= 15 is 0 Å². The van der Waals surface area contributed by atoms with Crippen molar-refractivity contribution in [1.82, 2.24) is 0 Å². The molecule has 0 amide bonds. The molecule has 2 aromatic rings. The predicted octanol–water partition coefficient (Wildman–Crippen LogP) is 3.62. The molecular formula is C14H13F4N3. The average Bonchev–Trinajstić information content (AvgIpc) is 2.43. The van der Waals surface area contributed by atoms with Crippen molar-refractivity contribution in [2.45, 2.75) is 12.7 Å². The molecule has 7 heteroatoms. The van der Waals surface area contributed by atoms with Crippen LogP contribution in [0.1, 0.15) is 11.1 Å². The predicted molar refractivity (Wildman–Crippen MR) is 74.0 cm³/mol. The fourth-order valence-corrected chi connectivity index (χ4v) is 1.80. The fraction of sp³-hybridized carbons (Fsp3) is 0.143. The summed E-state index contributed by atoms with van der Waals surface area (Å²) in [6.07, 6.45) is -4.41. The molecule has 21 heavy (non-hydrogen) atoms. The van der Waals surface area contributed by atoms with Crippen molar-refractivity contribution in [3.05, 3.63) is 53.3 Å². The number of halogens is 4. The molecule has 0 radical (unpaired) electrons. The minimum absolute atomic E-state index is 0.0319. The van der Waals surface area contributed by atoms with Crippen LogP contribution in [0.4, 0.5) is 34.6 Å². The second kappa shape index (κ2) is 5.51. The molecule has 3 nitrogen and oxygen atoms in total. The van der Waals surface area contributed by atoms with Crippen molar-refractivity contribution >= 4 is 17.1 Å². The summed E-state index contributed by atoms with van der Waals surface area (Å²) in [5.74, 6) is -0.720. The summed E-state index contributed by atoms with van der Waals surface area (Å²) in [6, 6.07) is 7.60. The van der Waals surface area contributed by atoms with Crippen LogP contribution in [0.3, 0.4) is 0 Å². The van der Waals surface area contributed by atoms with E-state index in [9.17, 15) is 17.6 Å². The van der Waals surface area contributed by atoms with Crippen LogP contribution in [-0.2, 0) is 12.7 Å². The normalized spacial score (nSPS) is 11.4. The second-order valence-corrected chi connectivity index (χ2v) is 4.48. The van der Waals surface area contributed by atoms with Crippen LogP contribution in [-0.4, -0.2) is 0 Å². The van der Waals surface area contributed by atoms with Crippen LogP contribution in [0.15, 0.2) is 36.4 Å². The number of rotatable bonds is 3. The molecule has 2 rings (SSSR count). The Balaban J connectivity index is 2.16. The van der Waals surface area contributed by atoms with Crippen molar-refractivity contribution in [3.8, 4) is 0 Å². The van der Waals surface area contributed by atoms with Crippen LogP contribution in [0, 0.1) is 5.82 Å². The highest BCUT2D eigenvalue weighted by molar-refractivity contribution is 5.70. The van der Waals surface area contributed by atoms with E-state index in [1.807, 2.05) is 0 Å². The van der Waals surface area contributed by atoms with Gasteiger partial charge in [0.05, 0.1) is 22.6 Å². The number of hydrogen-bond acceptors (Lipinski definition) is 3. The molecule has 0 aliphatic rings. The third-order valence-corrected chi connectivity index (χ3v) is 2.95. The number of alkyl halides is 3. The molecule has 0 unspecified atom stereocenters. The first kappa shape index (κ1) is 15.0. The quantitative estimate of drug-likeness (QED) is 0.599. The van der Waals surface area contributed by atoms with E-state index in [0.29, 0.717) is 5.56 Å². The summed E-state index contributed by atoms with van der Waals surface area (Å²) >= 11 is 0. The van der Waals surface area contributed by atoms with Crippen LogP contribution in [0.5, 0.6) is 0 Å². The molecule has 0 aliphatic carbocycles. The Labute approximate surface area is 118 Å². The maximum absolute atomic E-state index is 13.8. The van der Waals surface area contributed by atoms with Gasteiger partial charge < -0.3 is 16.8 Å². The monoisotopic (exact) mass is 299 g/mol. The van der Waals surface area contributed by atoms with Gasteiger partial charge in [-0.15, -0.1) is 0 Å². The first-order chi connectivity index (χ1) is 9.79. The van der Waals surface area contributed by atoms with Gasteiger partial charge in [0, 0.05) is 6.54 Å². The number of anilines is 3. The van der Waals surface area contributed by atoms with Crippen molar-refractivity contribution < 1.29 is 17.6 Å². The lowest BCUT2D eigenvalue weighted by atomic mass is 10.1. The van der Waals surface area contributed by atoms with Gasteiger partial charge in [0.1, 0.15) is 0 Å². The number of nitrogen functional groups attached to an aromatic ring is 2. The third-order valence-electron chi connectivity index (χ3n) is 2.95. The second-order valence-electron chi connectivity index (χ2n) is 4.48. The van der Waals surface area contributed by atoms with Gasteiger partial charge in [0.25, 0.3) is 0 Å². The lowest BCUT2D eigenvalue weighted by Crippen LogP contribution is -2.08. The number of nitrogens with two attached hydrogens (primary N) is 2. The molecule has 112 valence electrons. The summed E-state index contributed by atoms with van der Waals surface area (Å²) in [5, 5.41) is 2.70. The van der Waals surface area contributed by atoms with Gasteiger partial charge >= 0.3 is 6.18 Å². The molecule has 0 atom stereocenters.